The lowest BCUT2D eigenvalue weighted by molar-refractivity contribution is -0.283. The predicted molar refractivity (Wildman–Crippen MR) is 104 cm³/mol. The molecular formula is C23H18F6O3. The molecule has 0 amide bonds. The minimum absolute atomic E-state index is 0.287. The number of ether oxygens (including phenoxy) is 2. The Morgan fingerprint density at radius 2 is 1.28 bits per heavy atom. The second kappa shape index (κ2) is 9.22. The lowest BCUT2D eigenvalue weighted by Crippen LogP contribution is -2.46. The van der Waals surface area contributed by atoms with Gasteiger partial charge in [-0.25, -0.2) is 0 Å². The van der Waals surface area contributed by atoms with E-state index in [1.165, 1.54) is 0 Å². The molecule has 3 nitrogen and oxygen atoms in total. The fourth-order valence-corrected chi connectivity index (χ4v) is 2.90. The number of para-hydroxylation sites is 1. The van der Waals surface area contributed by atoms with Crippen LogP contribution < -0.4 is 4.74 Å². The van der Waals surface area contributed by atoms with Crippen molar-refractivity contribution in [3.8, 4) is 11.5 Å². The quantitative estimate of drug-likeness (QED) is 0.415. The van der Waals surface area contributed by atoms with Crippen LogP contribution in [0.15, 0.2) is 78.9 Å². The molecule has 0 spiro atoms. The number of aliphatic hydroxyl groups is 1. The van der Waals surface area contributed by atoms with E-state index in [0.717, 1.165) is 0 Å². The molecule has 1 N–H and O–H groups in total. The average Bonchev–Trinajstić information content (AvgIpc) is 2.73. The molecule has 0 radical (unpaired) electrons. The normalized spacial score (nSPS) is 14.1. The number of alkyl halides is 6. The van der Waals surface area contributed by atoms with Crippen LogP contribution in [0.2, 0.25) is 0 Å². The number of halogens is 6. The van der Waals surface area contributed by atoms with Crippen LogP contribution >= 0.6 is 0 Å². The van der Waals surface area contributed by atoms with Crippen molar-refractivity contribution in [2.75, 3.05) is 6.61 Å². The van der Waals surface area contributed by atoms with Crippen LogP contribution in [0.5, 0.6) is 11.5 Å². The van der Waals surface area contributed by atoms with Crippen molar-refractivity contribution in [1.29, 1.82) is 0 Å². The van der Waals surface area contributed by atoms with Gasteiger partial charge in [-0.2, -0.15) is 26.3 Å². The molecule has 1 atom stereocenters. The molecule has 0 saturated heterocycles. The van der Waals surface area contributed by atoms with Gasteiger partial charge in [0, 0.05) is 0 Å². The second-order valence-electron chi connectivity index (χ2n) is 6.99. The molecule has 170 valence electrons. The van der Waals surface area contributed by atoms with E-state index in [4.69, 9.17) is 9.47 Å². The van der Waals surface area contributed by atoms with Gasteiger partial charge >= 0.3 is 12.4 Å². The lowest BCUT2D eigenvalue weighted by Gasteiger charge is -2.31. The van der Waals surface area contributed by atoms with Crippen molar-refractivity contribution < 1.29 is 40.9 Å². The zero-order valence-electron chi connectivity index (χ0n) is 16.5. The number of benzene rings is 3. The van der Waals surface area contributed by atoms with Crippen molar-refractivity contribution in [3.05, 3.63) is 95.6 Å². The van der Waals surface area contributed by atoms with Crippen LogP contribution in [0.3, 0.4) is 0 Å². The first-order chi connectivity index (χ1) is 15.0. The maximum atomic E-state index is 13.6. The highest BCUT2D eigenvalue weighted by Gasteiger charge is 2.55. The largest absolute Gasteiger partial charge is 0.457 e. The number of hydrogen-bond donors (Lipinski definition) is 1. The molecule has 0 bridgehead atoms. The molecule has 3 aromatic rings. The Morgan fingerprint density at radius 3 is 1.88 bits per heavy atom. The van der Waals surface area contributed by atoms with Gasteiger partial charge in [0.25, 0.3) is 0 Å². The fourth-order valence-electron chi connectivity index (χ4n) is 2.90. The minimum atomic E-state index is -5.18. The van der Waals surface area contributed by atoms with E-state index in [2.05, 4.69) is 0 Å². The van der Waals surface area contributed by atoms with Crippen molar-refractivity contribution in [3.63, 3.8) is 0 Å². The molecule has 3 aromatic carbocycles. The van der Waals surface area contributed by atoms with Gasteiger partial charge < -0.3 is 14.6 Å². The predicted octanol–water partition coefficient (Wildman–Crippen LogP) is 6.46. The van der Waals surface area contributed by atoms with Gasteiger partial charge in [-0.15, -0.1) is 0 Å². The number of rotatable bonds is 7. The van der Waals surface area contributed by atoms with E-state index in [-0.39, 0.29) is 6.61 Å². The Morgan fingerprint density at radius 1 is 0.688 bits per heavy atom. The topological polar surface area (TPSA) is 38.7 Å². The number of hydrogen-bond acceptors (Lipinski definition) is 3. The Labute approximate surface area is 179 Å². The maximum absolute atomic E-state index is 13.6. The molecule has 0 heterocycles. The molecule has 0 saturated carbocycles. The summed E-state index contributed by atoms with van der Waals surface area (Å²) in [6.45, 7) is -1.49. The first-order valence-electron chi connectivity index (χ1n) is 9.35. The van der Waals surface area contributed by atoms with Crippen LogP contribution in [-0.4, -0.2) is 17.9 Å². The van der Waals surface area contributed by atoms with E-state index in [0.29, 0.717) is 41.3 Å². The summed E-state index contributed by atoms with van der Waals surface area (Å²) in [6, 6.07) is 17.4. The zero-order chi connectivity index (χ0) is 23.4. The standard InChI is InChI=1S/C23H18F6O3/c24-22(25,26)18-11-9-17(10-12-18)21(30,23(27,28)29)15-31-14-16-5-4-8-20(13-16)32-19-6-2-1-3-7-19/h1-13,30H,14-15H2. The third-order valence-electron chi connectivity index (χ3n) is 4.62. The van der Waals surface area contributed by atoms with Gasteiger partial charge in [0.05, 0.1) is 18.8 Å². The molecule has 32 heavy (non-hydrogen) atoms. The van der Waals surface area contributed by atoms with Gasteiger partial charge in [0.1, 0.15) is 11.5 Å². The van der Waals surface area contributed by atoms with Gasteiger partial charge in [0.2, 0.25) is 5.60 Å². The molecule has 1 unspecified atom stereocenters. The van der Waals surface area contributed by atoms with Crippen molar-refractivity contribution >= 4 is 0 Å². The highest BCUT2D eigenvalue weighted by Crippen LogP contribution is 2.40. The molecule has 3 rings (SSSR count). The summed E-state index contributed by atoms with van der Waals surface area (Å²) in [7, 11) is 0. The summed E-state index contributed by atoms with van der Waals surface area (Å²) in [5, 5.41) is 10.3. The molecule has 0 aromatic heterocycles. The minimum Gasteiger partial charge on any atom is -0.457 e. The molecule has 0 aliphatic heterocycles. The molecule has 0 aliphatic rings. The van der Waals surface area contributed by atoms with Crippen molar-refractivity contribution in [2.45, 2.75) is 24.6 Å². The Bertz CT molecular complexity index is 1020. The van der Waals surface area contributed by atoms with Crippen LogP contribution in [0.4, 0.5) is 26.3 Å². The lowest BCUT2D eigenvalue weighted by atomic mass is 9.93. The van der Waals surface area contributed by atoms with E-state index in [1.54, 1.807) is 48.5 Å². The van der Waals surface area contributed by atoms with E-state index in [9.17, 15) is 31.4 Å². The van der Waals surface area contributed by atoms with Crippen LogP contribution in [0.1, 0.15) is 16.7 Å². The molecular weight excluding hydrogens is 438 g/mol. The summed E-state index contributed by atoms with van der Waals surface area (Å²) >= 11 is 0. The third-order valence-corrected chi connectivity index (χ3v) is 4.62. The average molecular weight is 456 g/mol. The third kappa shape index (κ3) is 5.60. The second-order valence-corrected chi connectivity index (χ2v) is 6.99. The Hall–Kier alpha value is -3.04. The van der Waals surface area contributed by atoms with Gasteiger partial charge in [0.15, 0.2) is 0 Å². The Kier molecular flexibility index (Phi) is 6.80. The van der Waals surface area contributed by atoms with Gasteiger partial charge in [-0.3, -0.25) is 0 Å². The fraction of sp³-hybridized carbons (Fsp3) is 0.217. The van der Waals surface area contributed by atoms with Crippen LogP contribution in [0.25, 0.3) is 0 Å². The highest BCUT2D eigenvalue weighted by molar-refractivity contribution is 5.34. The first-order valence-corrected chi connectivity index (χ1v) is 9.35. The molecule has 0 aliphatic carbocycles. The maximum Gasteiger partial charge on any atom is 0.423 e. The highest BCUT2D eigenvalue weighted by atomic mass is 19.4. The zero-order valence-corrected chi connectivity index (χ0v) is 16.5. The summed E-state index contributed by atoms with van der Waals surface area (Å²) < 4.78 is 89.6. The van der Waals surface area contributed by atoms with E-state index in [1.807, 2.05) is 6.07 Å². The monoisotopic (exact) mass is 456 g/mol. The SMILES string of the molecule is OC(COCc1cccc(Oc2ccccc2)c1)(c1ccc(C(F)(F)F)cc1)C(F)(F)F. The van der Waals surface area contributed by atoms with E-state index < -0.39 is 35.7 Å². The summed E-state index contributed by atoms with van der Waals surface area (Å²) in [4.78, 5) is 0. The van der Waals surface area contributed by atoms with Gasteiger partial charge in [-0.1, -0.05) is 42.5 Å². The smallest absolute Gasteiger partial charge is 0.423 e. The van der Waals surface area contributed by atoms with E-state index >= 15 is 0 Å². The first kappa shape index (κ1) is 23.6. The van der Waals surface area contributed by atoms with Crippen molar-refractivity contribution in [1.82, 2.24) is 0 Å². The van der Waals surface area contributed by atoms with Gasteiger partial charge in [-0.05, 0) is 47.5 Å². The van der Waals surface area contributed by atoms with Crippen LogP contribution in [-0.2, 0) is 23.1 Å². The summed E-state index contributed by atoms with van der Waals surface area (Å²) in [6.07, 6.45) is -9.89. The molecule has 9 heteroatoms. The van der Waals surface area contributed by atoms with Crippen LogP contribution in [0, 0.1) is 0 Å². The van der Waals surface area contributed by atoms with Crippen molar-refractivity contribution in [2.24, 2.45) is 0 Å². The summed E-state index contributed by atoms with van der Waals surface area (Å²) in [5.74, 6) is 1.01. The molecule has 0 fully saturated rings. The summed E-state index contributed by atoms with van der Waals surface area (Å²) in [5.41, 5.74) is -4.87. The Balaban J connectivity index is 1.71.